The summed E-state index contributed by atoms with van der Waals surface area (Å²) in [5.41, 5.74) is 0.455. The Hall–Kier alpha value is -1.76. The summed E-state index contributed by atoms with van der Waals surface area (Å²) in [5.74, 6) is 0.378. The minimum Gasteiger partial charge on any atom is -0.497 e. The van der Waals surface area contributed by atoms with E-state index in [0.29, 0.717) is 11.4 Å². The molecule has 1 N–H and O–H groups in total. The topological polar surface area (TPSA) is 75.7 Å². The Bertz CT molecular complexity index is 650. The van der Waals surface area contributed by atoms with Crippen LogP contribution in [-0.2, 0) is 14.8 Å². The molecule has 0 heterocycles. The second kappa shape index (κ2) is 9.08. The van der Waals surface area contributed by atoms with E-state index in [2.05, 4.69) is 5.32 Å². The van der Waals surface area contributed by atoms with Gasteiger partial charge in [0.2, 0.25) is 15.9 Å². The molecule has 0 bridgehead atoms. The minimum atomic E-state index is -3.55. The average Bonchev–Trinajstić information content (AvgIpc) is 2.54. The Kier molecular flexibility index (Phi) is 7.11. The first-order valence-corrected chi connectivity index (χ1v) is 10.7. The van der Waals surface area contributed by atoms with E-state index >= 15 is 0 Å². The van der Waals surface area contributed by atoms with E-state index in [0.717, 1.165) is 36.2 Å². The SMILES string of the molecule is COc1ccc(N(CC(=O)NC2CCCCCCC2)S(C)(=O)=O)cc1. The van der Waals surface area contributed by atoms with Gasteiger partial charge in [-0.3, -0.25) is 9.10 Å². The maximum absolute atomic E-state index is 12.4. The van der Waals surface area contributed by atoms with Gasteiger partial charge >= 0.3 is 0 Å². The molecule has 25 heavy (non-hydrogen) atoms. The van der Waals surface area contributed by atoms with Crippen molar-refractivity contribution in [3.63, 3.8) is 0 Å². The number of hydrogen-bond donors (Lipinski definition) is 1. The molecule has 0 unspecified atom stereocenters. The van der Waals surface area contributed by atoms with Crippen molar-refractivity contribution in [3.05, 3.63) is 24.3 Å². The second-order valence-electron chi connectivity index (χ2n) is 6.58. The minimum absolute atomic E-state index is 0.144. The third-order valence-corrected chi connectivity index (χ3v) is 5.66. The van der Waals surface area contributed by atoms with Crippen LogP contribution in [0.3, 0.4) is 0 Å². The van der Waals surface area contributed by atoms with Gasteiger partial charge in [0, 0.05) is 6.04 Å². The molecule has 1 aromatic carbocycles. The fourth-order valence-corrected chi connectivity index (χ4v) is 4.01. The van der Waals surface area contributed by atoms with Gasteiger partial charge < -0.3 is 10.1 Å². The molecule has 0 spiro atoms. The van der Waals surface area contributed by atoms with Crippen molar-refractivity contribution >= 4 is 21.6 Å². The van der Waals surface area contributed by atoms with E-state index in [-0.39, 0.29) is 18.5 Å². The maximum Gasteiger partial charge on any atom is 0.240 e. The summed E-state index contributed by atoms with van der Waals surface area (Å²) in [5, 5.41) is 3.01. The highest BCUT2D eigenvalue weighted by Crippen LogP contribution is 2.21. The van der Waals surface area contributed by atoms with Gasteiger partial charge in [-0.25, -0.2) is 8.42 Å². The van der Waals surface area contributed by atoms with E-state index < -0.39 is 10.0 Å². The Labute approximate surface area is 150 Å². The van der Waals surface area contributed by atoms with Crippen LogP contribution >= 0.6 is 0 Å². The van der Waals surface area contributed by atoms with Crippen LogP contribution in [0, 0.1) is 0 Å². The number of anilines is 1. The summed E-state index contributed by atoms with van der Waals surface area (Å²) >= 11 is 0. The zero-order valence-electron chi connectivity index (χ0n) is 15.0. The molecular formula is C18H28N2O4S. The molecule has 0 atom stereocenters. The van der Waals surface area contributed by atoms with Gasteiger partial charge in [0.15, 0.2) is 0 Å². The Morgan fingerprint density at radius 1 is 1.12 bits per heavy atom. The molecule has 0 saturated heterocycles. The highest BCUT2D eigenvalue weighted by molar-refractivity contribution is 7.92. The monoisotopic (exact) mass is 368 g/mol. The van der Waals surface area contributed by atoms with E-state index in [9.17, 15) is 13.2 Å². The van der Waals surface area contributed by atoms with Gasteiger partial charge in [-0.05, 0) is 37.1 Å². The maximum atomic E-state index is 12.4. The number of ether oxygens (including phenoxy) is 1. The van der Waals surface area contributed by atoms with Crippen molar-refractivity contribution in [3.8, 4) is 5.75 Å². The first-order valence-electron chi connectivity index (χ1n) is 8.81. The summed E-state index contributed by atoms with van der Waals surface area (Å²) in [6.07, 6.45) is 8.93. The summed E-state index contributed by atoms with van der Waals surface area (Å²) in [6.45, 7) is -0.207. The molecule has 1 aromatic rings. The van der Waals surface area contributed by atoms with Crippen LogP contribution in [0.2, 0.25) is 0 Å². The zero-order chi connectivity index (χ0) is 18.3. The van der Waals surface area contributed by atoms with Crippen molar-refractivity contribution in [2.24, 2.45) is 0 Å². The zero-order valence-corrected chi connectivity index (χ0v) is 15.8. The van der Waals surface area contributed by atoms with Crippen LogP contribution in [0.25, 0.3) is 0 Å². The lowest BCUT2D eigenvalue weighted by Gasteiger charge is -2.25. The second-order valence-corrected chi connectivity index (χ2v) is 8.48. The number of carbonyl (C=O) groups is 1. The van der Waals surface area contributed by atoms with Gasteiger partial charge in [-0.15, -0.1) is 0 Å². The predicted molar refractivity (Wildman–Crippen MR) is 99.4 cm³/mol. The first kappa shape index (κ1) is 19.6. The van der Waals surface area contributed by atoms with Gasteiger partial charge in [-0.1, -0.05) is 32.1 Å². The molecule has 7 heteroatoms. The Morgan fingerprint density at radius 2 is 1.68 bits per heavy atom. The van der Waals surface area contributed by atoms with Crippen LogP contribution in [0.1, 0.15) is 44.9 Å². The lowest BCUT2D eigenvalue weighted by Crippen LogP contribution is -2.44. The third kappa shape index (κ3) is 6.23. The third-order valence-electron chi connectivity index (χ3n) is 4.52. The average molecular weight is 368 g/mol. The fraction of sp³-hybridized carbons (Fsp3) is 0.611. The number of methoxy groups -OCH3 is 1. The van der Waals surface area contributed by atoms with E-state index in [1.807, 2.05) is 0 Å². The molecule has 6 nitrogen and oxygen atoms in total. The van der Waals surface area contributed by atoms with Crippen LogP contribution in [0.15, 0.2) is 24.3 Å². The van der Waals surface area contributed by atoms with E-state index in [1.54, 1.807) is 31.4 Å². The number of nitrogens with zero attached hydrogens (tertiary/aromatic N) is 1. The molecule has 2 rings (SSSR count). The number of amides is 1. The molecule has 0 aliphatic heterocycles. The molecule has 140 valence electrons. The molecule has 0 radical (unpaired) electrons. The highest BCUT2D eigenvalue weighted by atomic mass is 32.2. The lowest BCUT2D eigenvalue weighted by molar-refractivity contribution is -0.120. The number of rotatable bonds is 6. The molecule has 1 aliphatic rings. The largest absolute Gasteiger partial charge is 0.497 e. The smallest absolute Gasteiger partial charge is 0.240 e. The standard InChI is InChI=1S/C18H28N2O4S/c1-24-17-12-10-16(11-13-17)20(25(2,22)23)14-18(21)19-15-8-6-4-3-5-7-9-15/h10-13,15H,3-9,14H2,1-2H3,(H,19,21). The predicted octanol–water partition coefficient (Wildman–Crippen LogP) is 2.69. The molecule has 1 saturated carbocycles. The number of hydrogen-bond acceptors (Lipinski definition) is 4. The van der Waals surface area contributed by atoms with Gasteiger partial charge in [-0.2, -0.15) is 0 Å². The number of carbonyl (C=O) groups excluding carboxylic acids is 1. The van der Waals surface area contributed by atoms with Crippen molar-refractivity contribution in [1.82, 2.24) is 5.32 Å². The number of sulfonamides is 1. The molecule has 1 aliphatic carbocycles. The van der Waals surface area contributed by atoms with E-state index in [1.165, 1.54) is 19.3 Å². The van der Waals surface area contributed by atoms with Gasteiger partial charge in [0.05, 0.1) is 19.1 Å². The molecular weight excluding hydrogens is 340 g/mol. The highest BCUT2D eigenvalue weighted by Gasteiger charge is 2.22. The molecule has 0 aromatic heterocycles. The quantitative estimate of drug-likeness (QED) is 0.838. The summed E-state index contributed by atoms with van der Waals surface area (Å²) in [4.78, 5) is 12.4. The number of nitrogens with one attached hydrogen (secondary N) is 1. The van der Waals surface area contributed by atoms with Crippen LogP contribution < -0.4 is 14.4 Å². The fourth-order valence-electron chi connectivity index (χ4n) is 3.15. The lowest BCUT2D eigenvalue weighted by atomic mass is 9.97. The van der Waals surface area contributed by atoms with Crippen molar-refractivity contribution in [2.75, 3.05) is 24.2 Å². The summed E-state index contributed by atoms with van der Waals surface area (Å²) in [7, 11) is -2.01. The van der Waals surface area contributed by atoms with Crippen molar-refractivity contribution in [2.45, 2.75) is 51.0 Å². The first-order chi connectivity index (χ1) is 11.9. The molecule has 1 fully saturated rings. The van der Waals surface area contributed by atoms with E-state index in [4.69, 9.17) is 4.74 Å². The number of benzene rings is 1. The van der Waals surface area contributed by atoms with Gasteiger partial charge in [0.25, 0.3) is 0 Å². The molecule has 1 amide bonds. The Balaban J connectivity index is 2.04. The normalized spacial score (nSPS) is 16.6. The van der Waals surface area contributed by atoms with Crippen LogP contribution in [0.4, 0.5) is 5.69 Å². The van der Waals surface area contributed by atoms with Gasteiger partial charge in [0.1, 0.15) is 12.3 Å². The summed E-state index contributed by atoms with van der Waals surface area (Å²) in [6, 6.07) is 6.79. The Morgan fingerprint density at radius 3 is 2.20 bits per heavy atom. The van der Waals surface area contributed by atoms with Crippen LogP contribution in [0.5, 0.6) is 5.75 Å². The van der Waals surface area contributed by atoms with Crippen molar-refractivity contribution < 1.29 is 17.9 Å². The van der Waals surface area contributed by atoms with Crippen molar-refractivity contribution in [1.29, 1.82) is 0 Å². The van der Waals surface area contributed by atoms with Crippen LogP contribution in [-0.4, -0.2) is 40.3 Å². The summed E-state index contributed by atoms with van der Waals surface area (Å²) < 4.78 is 30.5.